The number of halogens is 1. The zero-order chi connectivity index (χ0) is 16.0. The number of rotatable bonds is 6. The summed E-state index contributed by atoms with van der Waals surface area (Å²) in [7, 11) is 0. The Morgan fingerprint density at radius 3 is 1.22 bits per heavy atom. The predicted molar refractivity (Wildman–Crippen MR) is 99.2 cm³/mol. The van der Waals surface area contributed by atoms with Crippen molar-refractivity contribution in [3.63, 3.8) is 0 Å². The highest BCUT2D eigenvalue weighted by atomic mass is 35.5. The van der Waals surface area contributed by atoms with Gasteiger partial charge in [-0.2, -0.15) is 0 Å². The van der Waals surface area contributed by atoms with Crippen LogP contribution >= 0.6 is 11.6 Å². The summed E-state index contributed by atoms with van der Waals surface area (Å²) < 4.78 is 0. The second-order valence-corrected chi connectivity index (χ2v) is 6.17. The van der Waals surface area contributed by atoms with Gasteiger partial charge < -0.3 is 0 Å². The summed E-state index contributed by atoms with van der Waals surface area (Å²) in [6.45, 7) is 0. The van der Waals surface area contributed by atoms with Crippen LogP contribution < -0.4 is 0 Å². The molecule has 3 aromatic rings. The van der Waals surface area contributed by atoms with Crippen LogP contribution in [0.4, 0.5) is 0 Å². The Kier molecular flexibility index (Phi) is 5.15. The largest absolute Gasteiger partial charge is 0.127 e. The minimum Gasteiger partial charge on any atom is -0.127 e. The fraction of sp³-hybridized carbons (Fsp3) is 0.182. The third kappa shape index (κ3) is 3.18. The maximum atomic E-state index is 6.07. The monoisotopic (exact) mass is 320 g/mol. The van der Waals surface area contributed by atoms with Crippen LogP contribution in [0.3, 0.4) is 0 Å². The van der Waals surface area contributed by atoms with E-state index in [1.807, 2.05) is 0 Å². The lowest BCUT2D eigenvalue weighted by Gasteiger charge is -2.36. The zero-order valence-corrected chi connectivity index (χ0v) is 13.9. The van der Waals surface area contributed by atoms with E-state index in [0.29, 0.717) is 5.88 Å². The molecule has 116 valence electrons. The Morgan fingerprint density at radius 2 is 0.913 bits per heavy atom. The average Bonchev–Trinajstić information content (AvgIpc) is 2.65. The van der Waals surface area contributed by atoms with E-state index in [2.05, 4.69) is 91.0 Å². The molecule has 0 N–H and O–H groups in total. The van der Waals surface area contributed by atoms with Gasteiger partial charge in [-0.25, -0.2) is 0 Å². The van der Waals surface area contributed by atoms with Gasteiger partial charge in [-0.3, -0.25) is 0 Å². The molecule has 0 heterocycles. The maximum Gasteiger partial charge on any atom is 0.0451 e. The SMILES string of the molecule is ClCCCC(c1ccccc1)(c1ccccc1)c1ccccc1. The Labute approximate surface area is 143 Å². The molecule has 0 atom stereocenters. The van der Waals surface area contributed by atoms with Crippen molar-refractivity contribution in [1.29, 1.82) is 0 Å². The second kappa shape index (κ2) is 7.48. The van der Waals surface area contributed by atoms with Crippen molar-refractivity contribution in [3.05, 3.63) is 108 Å². The van der Waals surface area contributed by atoms with Crippen molar-refractivity contribution in [2.75, 3.05) is 5.88 Å². The normalized spacial score (nSPS) is 11.3. The molecular weight excluding hydrogens is 300 g/mol. The topological polar surface area (TPSA) is 0 Å². The van der Waals surface area contributed by atoms with Crippen LogP contribution in [-0.4, -0.2) is 5.88 Å². The molecule has 0 saturated carbocycles. The molecule has 0 saturated heterocycles. The van der Waals surface area contributed by atoms with Gasteiger partial charge in [0.25, 0.3) is 0 Å². The molecule has 0 nitrogen and oxygen atoms in total. The molecule has 0 aliphatic carbocycles. The minimum atomic E-state index is -0.154. The van der Waals surface area contributed by atoms with Crippen LogP contribution in [0.15, 0.2) is 91.0 Å². The lowest BCUT2D eigenvalue weighted by molar-refractivity contribution is 0.552. The molecule has 0 amide bonds. The predicted octanol–water partition coefficient (Wildman–Crippen LogP) is 6.04. The molecule has 0 bridgehead atoms. The maximum absolute atomic E-state index is 6.07. The summed E-state index contributed by atoms with van der Waals surface area (Å²) in [5.41, 5.74) is 3.81. The molecule has 0 fully saturated rings. The Morgan fingerprint density at radius 1 is 0.565 bits per heavy atom. The van der Waals surface area contributed by atoms with Gasteiger partial charge in [0.05, 0.1) is 0 Å². The standard InChI is InChI=1S/C22H21Cl/c23-18-10-17-22(19-11-4-1-5-12-19,20-13-6-2-7-14-20)21-15-8-3-9-16-21/h1-9,11-16H,10,17-18H2. The van der Waals surface area contributed by atoms with E-state index in [1.54, 1.807) is 0 Å². The quantitative estimate of drug-likeness (QED) is 0.383. The first-order chi connectivity index (χ1) is 11.4. The summed E-state index contributed by atoms with van der Waals surface area (Å²) in [4.78, 5) is 0. The molecular formula is C22H21Cl. The van der Waals surface area contributed by atoms with Gasteiger partial charge in [-0.1, -0.05) is 91.0 Å². The highest BCUT2D eigenvalue weighted by Gasteiger charge is 2.35. The molecule has 0 aliphatic rings. The average molecular weight is 321 g/mol. The van der Waals surface area contributed by atoms with Gasteiger partial charge in [0.1, 0.15) is 0 Å². The molecule has 3 aromatic carbocycles. The first-order valence-electron chi connectivity index (χ1n) is 8.10. The van der Waals surface area contributed by atoms with Crippen molar-refractivity contribution < 1.29 is 0 Å². The zero-order valence-electron chi connectivity index (χ0n) is 13.2. The lowest BCUT2D eigenvalue weighted by atomic mass is 9.67. The van der Waals surface area contributed by atoms with Crippen molar-refractivity contribution in [2.24, 2.45) is 0 Å². The van der Waals surface area contributed by atoms with Crippen LogP contribution in [-0.2, 0) is 5.41 Å². The summed E-state index contributed by atoms with van der Waals surface area (Å²) >= 11 is 6.07. The van der Waals surface area contributed by atoms with E-state index in [4.69, 9.17) is 11.6 Å². The van der Waals surface area contributed by atoms with Crippen LogP contribution in [0.2, 0.25) is 0 Å². The third-order valence-corrected chi connectivity index (χ3v) is 4.75. The van der Waals surface area contributed by atoms with E-state index in [9.17, 15) is 0 Å². The van der Waals surface area contributed by atoms with Gasteiger partial charge >= 0.3 is 0 Å². The van der Waals surface area contributed by atoms with Crippen molar-refractivity contribution in [1.82, 2.24) is 0 Å². The van der Waals surface area contributed by atoms with Crippen LogP contribution in [0, 0.1) is 0 Å². The first kappa shape index (κ1) is 15.8. The summed E-state index contributed by atoms with van der Waals surface area (Å²) in [6, 6.07) is 32.3. The van der Waals surface area contributed by atoms with Gasteiger partial charge in [0.15, 0.2) is 0 Å². The molecule has 0 unspecified atom stereocenters. The third-order valence-electron chi connectivity index (χ3n) is 4.49. The van der Waals surface area contributed by atoms with E-state index in [-0.39, 0.29) is 5.41 Å². The second-order valence-electron chi connectivity index (χ2n) is 5.80. The van der Waals surface area contributed by atoms with Crippen LogP contribution in [0.5, 0.6) is 0 Å². The molecule has 0 aromatic heterocycles. The highest BCUT2D eigenvalue weighted by Crippen LogP contribution is 2.42. The molecule has 23 heavy (non-hydrogen) atoms. The van der Waals surface area contributed by atoms with Crippen LogP contribution in [0.25, 0.3) is 0 Å². The summed E-state index contributed by atoms with van der Waals surface area (Å²) in [5.74, 6) is 0.675. The lowest BCUT2D eigenvalue weighted by Crippen LogP contribution is -2.29. The Balaban J connectivity index is 2.25. The fourth-order valence-electron chi connectivity index (χ4n) is 3.43. The van der Waals surface area contributed by atoms with Gasteiger partial charge in [0, 0.05) is 11.3 Å². The number of alkyl halides is 1. The number of hydrogen-bond donors (Lipinski definition) is 0. The first-order valence-corrected chi connectivity index (χ1v) is 8.64. The highest BCUT2D eigenvalue weighted by molar-refractivity contribution is 6.17. The Bertz CT molecular complexity index is 608. The smallest absolute Gasteiger partial charge is 0.0451 e. The molecule has 1 heteroatoms. The van der Waals surface area contributed by atoms with E-state index < -0.39 is 0 Å². The van der Waals surface area contributed by atoms with Gasteiger partial charge in [-0.15, -0.1) is 11.6 Å². The Hall–Kier alpha value is -2.05. The van der Waals surface area contributed by atoms with Crippen molar-refractivity contribution >= 4 is 11.6 Å². The van der Waals surface area contributed by atoms with Crippen LogP contribution in [0.1, 0.15) is 29.5 Å². The van der Waals surface area contributed by atoms with Gasteiger partial charge in [0.2, 0.25) is 0 Å². The van der Waals surface area contributed by atoms with E-state index >= 15 is 0 Å². The number of hydrogen-bond acceptors (Lipinski definition) is 0. The van der Waals surface area contributed by atoms with Gasteiger partial charge in [-0.05, 0) is 29.5 Å². The molecule has 0 spiro atoms. The fourth-order valence-corrected chi connectivity index (χ4v) is 3.57. The molecule has 0 radical (unpaired) electrons. The van der Waals surface area contributed by atoms with Crippen molar-refractivity contribution in [2.45, 2.75) is 18.3 Å². The summed E-state index contributed by atoms with van der Waals surface area (Å²) in [6.07, 6.45) is 1.97. The van der Waals surface area contributed by atoms with E-state index in [1.165, 1.54) is 16.7 Å². The number of benzene rings is 3. The minimum absolute atomic E-state index is 0.154. The van der Waals surface area contributed by atoms with Crippen molar-refractivity contribution in [3.8, 4) is 0 Å². The van der Waals surface area contributed by atoms with E-state index in [0.717, 1.165) is 12.8 Å². The molecule has 0 aliphatic heterocycles. The summed E-state index contributed by atoms with van der Waals surface area (Å²) in [5, 5.41) is 0. The molecule has 3 rings (SSSR count).